The zero-order valence-corrected chi connectivity index (χ0v) is 11.9. The Morgan fingerprint density at radius 3 is 2.95 bits per heavy atom. The van der Waals surface area contributed by atoms with Crippen molar-refractivity contribution in [3.8, 4) is 5.75 Å². The van der Waals surface area contributed by atoms with Crippen LogP contribution in [-0.2, 0) is 0 Å². The average Bonchev–Trinajstić information content (AvgIpc) is 2.93. The first-order chi connectivity index (χ1) is 9.83. The molecule has 0 amide bonds. The second kappa shape index (κ2) is 5.58. The van der Waals surface area contributed by atoms with Gasteiger partial charge in [-0.25, -0.2) is 5.43 Å². The molecule has 2 aromatic heterocycles. The molecule has 102 valence electrons. The van der Waals surface area contributed by atoms with Gasteiger partial charge in [-0.05, 0) is 34.0 Å². The fourth-order valence-corrected chi connectivity index (χ4v) is 3.28. The molecule has 0 radical (unpaired) electrons. The van der Waals surface area contributed by atoms with Crippen molar-refractivity contribution in [1.82, 2.24) is 10.4 Å². The number of benzene rings is 1. The summed E-state index contributed by atoms with van der Waals surface area (Å²) in [5.41, 5.74) is 5.01. The van der Waals surface area contributed by atoms with Crippen molar-refractivity contribution < 1.29 is 4.74 Å². The lowest BCUT2D eigenvalue weighted by Crippen LogP contribution is -2.28. The number of nitrogens with zero attached hydrogens (tertiary/aromatic N) is 1. The smallest absolute Gasteiger partial charge is 0.137 e. The molecule has 0 saturated carbocycles. The van der Waals surface area contributed by atoms with E-state index in [0.717, 1.165) is 16.9 Å². The molecule has 1 unspecified atom stereocenters. The van der Waals surface area contributed by atoms with E-state index in [1.165, 1.54) is 10.1 Å². The predicted octanol–water partition coefficient (Wildman–Crippen LogP) is 2.86. The number of aromatic nitrogens is 1. The molecule has 2 heterocycles. The molecule has 1 aromatic carbocycles. The third-order valence-corrected chi connectivity index (χ3v) is 4.27. The number of hydrogen-bond acceptors (Lipinski definition) is 5. The molecular formula is C15H15N3OS. The molecule has 3 N–H and O–H groups in total. The maximum atomic E-state index is 5.76. The second-order valence-corrected chi connectivity index (χ2v) is 5.36. The Bertz CT molecular complexity index is 726. The third kappa shape index (κ3) is 2.27. The van der Waals surface area contributed by atoms with Gasteiger partial charge >= 0.3 is 0 Å². The Morgan fingerprint density at radius 1 is 1.30 bits per heavy atom. The number of nitrogens with two attached hydrogens (primary N) is 1. The molecule has 0 aliphatic carbocycles. The first-order valence-electron chi connectivity index (χ1n) is 6.24. The number of pyridine rings is 1. The van der Waals surface area contributed by atoms with Crippen LogP contribution >= 0.6 is 11.3 Å². The molecule has 0 aliphatic heterocycles. The van der Waals surface area contributed by atoms with E-state index in [1.54, 1.807) is 30.8 Å². The number of rotatable bonds is 4. The van der Waals surface area contributed by atoms with Crippen LogP contribution in [0.1, 0.15) is 17.2 Å². The summed E-state index contributed by atoms with van der Waals surface area (Å²) in [4.78, 5) is 4.20. The normalized spacial score (nSPS) is 12.5. The Morgan fingerprint density at radius 2 is 2.15 bits per heavy atom. The van der Waals surface area contributed by atoms with Crippen molar-refractivity contribution in [3.63, 3.8) is 0 Å². The quantitative estimate of drug-likeness (QED) is 0.571. The van der Waals surface area contributed by atoms with Gasteiger partial charge in [-0.2, -0.15) is 0 Å². The molecule has 20 heavy (non-hydrogen) atoms. The van der Waals surface area contributed by atoms with Crippen molar-refractivity contribution in [2.24, 2.45) is 5.84 Å². The lowest BCUT2D eigenvalue weighted by molar-refractivity contribution is 0.411. The Labute approximate surface area is 121 Å². The van der Waals surface area contributed by atoms with Crippen LogP contribution in [0.4, 0.5) is 0 Å². The van der Waals surface area contributed by atoms with E-state index in [4.69, 9.17) is 10.6 Å². The largest absolute Gasteiger partial charge is 0.495 e. The molecule has 3 rings (SSSR count). The second-order valence-electron chi connectivity index (χ2n) is 4.44. The predicted molar refractivity (Wildman–Crippen MR) is 81.8 cm³/mol. The van der Waals surface area contributed by atoms with Gasteiger partial charge in [0.05, 0.1) is 19.3 Å². The van der Waals surface area contributed by atoms with Crippen LogP contribution in [-0.4, -0.2) is 12.1 Å². The van der Waals surface area contributed by atoms with E-state index < -0.39 is 0 Å². The Hall–Kier alpha value is -1.95. The highest BCUT2D eigenvalue weighted by atomic mass is 32.1. The summed E-state index contributed by atoms with van der Waals surface area (Å²) in [5, 5.41) is 3.34. The van der Waals surface area contributed by atoms with Gasteiger partial charge in [0.2, 0.25) is 0 Å². The van der Waals surface area contributed by atoms with Gasteiger partial charge in [0.15, 0.2) is 0 Å². The van der Waals surface area contributed by atoms with Gasteiger partial charge in [-0.1, -0.05) is 18.2 Å². The van der Waals surface area contributed by atoms with Crippen molar-refractivity contribution in [3.05, 3.63) is 59.2 Å². The highest BCUT2D eigenvalue weighted by Crippen LogP contribution is 2.33. The topological polar surface area (TPSA) is 60.2 Å². The molecule has 0 bridgehead atoms. The zero-order chi connectivity index (χ0) is 13.9. The van der Waals surface area contributed by atoms with Crippen molar-refractivity contribution in [2.75, 3.05) is 7.11 Å². The van der Waals surface area contributed by atoms with E-state index in [0.29, 0.717) is 0 Å². The minimum Gasteiger partial charge on any atom is -0.495 e. The number of fused-ring (bicyclic) bond motifs is 1. The van der Waals surface area contributed by atoms with Crippen LogP contribution in [0.15, 0.2) is 48.1 Å². The summed E-state index contributed by atoms with van der Waals surface area (Å²) in [6.45, 7) is 0. The van der Waals surface area contributed by atoms with Crippen LogP contribution < -0.4 is 16.0 Å². The molecule has 1 atom stereocenters. The highest BCUT2D eigenvalue weighted by molar-refractivity contribution is 7.17. The average molecular weight is 285 g/mol. The molecule has 0 saturated heterocycles. The maximum absolute atomic E-state index is 5.76. The number of thiophene rings is 1. The van der Waals surface area contributed by atoms with Gasteiger partial charge in [0.25, 0.3) is 0 Å². The molecule has 5 heteroatoms. The standard InChI is InChI=1S/C15H15N3OS/c1-19-11-6-10(7-17-8-11)15(18-16)13-9-20-14-5-3-2-4-12(13)14/h2-9,15,18H,16H2,1H3. The number of methoxy groups -OCH3 is 1. The summed E-state index contributed by atoms with van der Waals surface area (Å²) in [6.07, 6.45) is 3.49. The van der Waals surface area contributed by atoms with Gasteiger partial charge in [0.1, 0.15) is 5.75 Å². The first kappa shape index (κ1) is 13.1. The summed E-state index contributed by atoms with van der Waals surface area (Å²) < 4.78 is 6.47. The summed E-state index contributed by atoms with van der Waals surface area (Å²) in [6, 6.07) is 10.1. The van der Waals surface area contributed by atoms with Crippen molar-refractivity contribution in [2.45, 2.75) is 6.04 Å². The lowest BCUT2D eigenvalue weighted by atomic mass is 10.00. The molecule has 0 spiro atoms. The Kier molecular flexibility index (Phi) is 3.64. The summed E-state index contributed by atoms with van der Waals surface area (Å²) in [5.74, 6) is 6.49. The van der Waals surface area contributed by atoms with Gasteiger partial charge in [0, 0.05) is 10.9 Å². The monoisotopic (exact) mass is 285 g/mol. The number of hydrazine groups is 1. The molecule has 0 fully saturated rings. The van der Waals surface area contributed by atoms with E-state index in [9.17, 15) is 0 Å². The van der Waals surface area contributed by atoms with E-state index >= 15 is 0 Å². The number of nitrogens with one attached hydrogen (secondary N) is 1. The van der Waals surface area contributed by atoms with Gasteiger partial charge < -0.3 is 4.74 Å². The highest BCUT2D eigenvalue weighted by Gasteiger charge is 2.17. The van der Waals surface area contributed by atoms with Crippen LogP contribution in [0.2, 0.25) is 0 Å². The third-order valence-electron chi connectivity index (χ3n) is 3.29. The molecule has 0 aliphatic rings. The van der Waals surface area contributed by atoms with E-state index in [1.807, 2.05) is 18.2 Å². The van der Waals surface area contributed by atoms with Crippen molar-refractivity contribution in [1.29, 1.82) is 0 Å². The molecule has 4 nitrogen and oxygen atoms in total. The number of ether oxygens (including phenoxy) is 1. The van der Waals surface area contributed by atoms with Crippen LogP contribution in [0.5, 0.6) is 5.75 Å². The SMILES string of the molecule is COc1cncc(C(NN)c2csc3ccccc23)c1. The van der Waals surface area contributed by atoms with Crippen molar-refractivity contribution >= 4 is 21.4 Å². The fourth-order valence-electron chi connectivity index (χ4n) is 2.29. The first-order valence-corrected chi connectivity index (χ1v) is 7.12. The maximum Gasteiger partial charge on any atom is 0.137 e. The lowest BCUT2D eigenvalue weighted by Gasteiger charge is -2.16. The van der Waals surface area contributed by atoms with E-state index in [2.05, 4.69) is 27.9 Å². The van der Waals surface area contributed by atoms with Crippen LogP contribution in [0.25, 0.3) is 10.1 Å². The fraction of sp³-hybridized carbons (Fsp3) is 0.133. The minimum atomic E-state index is -0.103. The van der Waals surface area contributed by atoms with Crippen LogP contribution in [0.3, 0.4) is 0 Å². The molecule has 3 aromatic rings. The summed E-state index contributed by atoms with van der Waals surface area (Å²) in [7, 11) is 1.63. The minimum absolute atomic E-state index is 0.103. The zero-order valence-electron chi connectivity index (χ0n) is 11.0. The summed E-state index contributed by atoms with van der Waals surface area (Å²) >= 11 is 1.72. The van der Waals surface area contributed by atoms with Crippen LogP contribution in [0, 0.1) is 0 Å². The van der Waals surface area contributed by atoms with Gasteiger partial charge in [-0.3, -0.25) is 10.8 Å². The van der Waals surface area contributed by atoms with E-state index in [-0.39, 0.29) is 6.04 Å². The van der Waals surface area contributed by atoms with Gasteiger partial charge in [-0.15, -0.1) is 11.3 Å². The number of hydrogen-bond donors (Lipinski definition) is 2. The molecular weight excluding hydrogens is 270 g/mol. The Balaban J connectivity index is 2.09.